The molecule has 0 spiro atoms. The number of guanidine groups is 1. The second kappa shape index (κ2) is 15.3. The summed E-state index contributed by atoms with van der Waals surface area (Å²) in [6.45, 7) is 3.70. The maximum Gasteiger partial charge on any atom is 0.326 e. The number of carboxylic acids is 1. The number of hydrogen-bond acceptors (Lipinski definition) is 6. The van der Waals surface area contributed by atoms with E-state index in [4.69, 9.17) is 17.2 Å². The molecule has 0 saturated carbocycles. The molecule has 0 heterocycles. The first-order valence-electron chi connectivity index (χ1n) is 11.5. The maximum absolute atomic E-state index is 13.1. The van der Waals surface area contributed by atoms with Crippen LogP contribution in [0.25, 0.3) is 0 Å². The minimum atomic E-state index is -1.21. The molecule has 1 rings (SSSR count). The van der Waals surface area contributed by atoms with Crippen LogP contribution in [0.3, 0.4) is 0 Å². The number of hydrogen-bond donors (Lipinski definition) is 7. The Bertz CT molecular complexity index is 872. The molecule has 0 aliphatic heterocycles. The molecule has 1 aromatic carbocycles. The summed E-state index contributed by atoms with van der Waals surface area (Å²) in [5.74, 6) is -2.99. The summed E-state index contributed by atoms with van der Waals surface area (Å²) in [5, 5.41) is 17.3. The Balaban J connectivity index is 3.01. The van der Waals surface area contributed by atoms with Crippen molar-refractivity contribution >= 4 is 29.7 Å². The highest BCUT2D eigenvalue weighted by atomic mass is 16.4. The highest BCUT2D eigenvalue weighted by Gasteiger charge is 2.29. The molecule has 3 atom stereocenters. The molecule has 12 nitrogen and oxygen atoms in total. The van der Waals surface area contributed by atoms with Gasteiger partial charge in [0.15, 0.2) is 5.96 Å². The van der Waals surface area contributed by atoms with E-state index >= 15 is 0 Å². The van der Waals surface area contributed by atoms with Crippen LogP contribution in [-0.2, 0) is 25.6 Å². The van der Waals surface area contributed by atoms with E-state index in [2.05, 4.69) is 20.9 Å². The highest BCUT2D eigenvalue weighted by molar-refractivity contribution is 5.93. The molecule has 0 fully saturated rings. The third kappa shape index (κ3) is 11.8. The number of nitrogens with two attached hydrogens (primary N) is 3. The molecule has 35 heavy (non-hydrogen) atoms. The van der Waals surface area contributed by atoms with Crippen LogP contribution in [0.15, 0.2) is 35.3 Å². The highest BCUT2D eigenvalue weighted by Crippen LogP contribution is 2.08. The van der Waals surface area contributed by atoms with Gasteiger partial charge in [0.1, 0.15) is 18.1 Å². The molecule has 10 N–H and O–H groups in total. The predicted octanol–water partition coefficient (Wildman–Crippen LogP) is -1.17. The zero-order valence-corrected chi connectivity index (χ0v) is 20.2. The fourth-order valence-electron chi connectivity index (χ4n) is 3.32. The molecule has 3 amide bonds. The van der Waals surface area contributed by atoms with Crippen molar-refractivity contribution in [2.45, 2.75) is 57.7 Å². The Kier molecular flexibility index (Phi) is 12.8. The molecule has 0 aliphatic carbocycles. The minimum absolute atomic E-state index is 0.0686. The van der Waals surface area contributed by atoms with Crippen molar-refractivity contribution in [3.63, 3.8) is 0 Å². The van der Waals surface area contributed by atoms with Crippen LogP contribution in [0.5, 0.6) is 0 Å². The Morgan fingerprint density at radius 2 is 1.54 bits per heavy atom. The smallest absolute Gasteiger partial charge is 0.326 e. The molecule has 0 unspecified atom stereocenters. The lowest BCUT2D eigenvalue weighted by atomic mass is 10.0. The van der Waals surface area contributed by atoms with Crippen LogP contribution in [0.1, 0.15) is 38.7 Å². The molecule has 0 aromatic heterocycles. The van der Waals surface area contributed by atoms with Crippen molar-refractivity contribution in [1.29, 1.82) is 0 Å². The number of carbonyl (C=O) groups is 4. The first-order valence-corrected chi connectivity index (χ1v) is 11.5. The number of rotatable bonds is 15. The largest absolute Gasteiger partial charge is 0.480 e. The van der Waals surface area contributed by atoms with Crippen molar-refractivity contribution < 1.29 is 24.3 Å². The zero-order valence-electron chi connectivity index (χ0n) is 20.2. The van der Waals surface area contributed by atoms with Gasteiger partial charge in [-0.2, -0.15) is 0 Å². The number of aliphatic imine (C=N–C) groups is 1. The van der Waals surface area contributed by atoms with Gasteiger partial charge < -0.3 is 38.3 Å². The second-order valence-corrected chi connectivity index (χ2v) is 8.55. The van der Waals surface area contributed by atoms with E-state index in [9.17, 15) is 24.3 Å². The van der Waals surface area contributed by atoms with Crippen molar-refractivity contribution in [3.05, 3.63) is 35.9 Å². The van der Waals surface area contributed by atoms with Crippen LogP contribution in [0.4, 0.5) is 0 Å². The van der Waals surface area contributed by atoms with Crippen molar-refractivity contribution in [2.24, 2.45) is 28.1 Å². The molecule has 194 valence electrons. The van der Waals surface area contributed by atoms with Gasteiger partial charge >= 0.3 is 5.97 Å². The summed E-state index contributed by atoms with van der Waals surface area (Å²) >= 11 is 0. The number of nitrogens with zero attached hydrogens (tertiary/aromatic N) is 1. The third-order valence-corrected chi connectivity index (χ3v) is 5.02. The zero-order chi connectivity index (χ0) is 26.4. The van der Waals surface area contributed by atoms with Gasteiger partial charge in [-0.15, -0.1) is 0 Å². The fourth-order valence-corrected chi connectivity index (χ4v) is 3.32. The Morgan fingerprint density at radius 1 is 0.943 bits per heavy atom. The molecular formula is C23H37N7O5. The summed E-state index contributed by atoms with van der Waals surface area (Å²) in [7, 11) is 0. The predicted molar refractivity (Wildman–Crippen MR) is 132 cm³/mol. The quantitative estimate of drug-likeness (QED) is 0.0898. The number of carboxylic acid groups (broad SMARTS) is 1. The number of nitrogens with one attached hydrogen (secondary N) is 3. The first-order chi connectivity index (χ1) is 16.5. The van der Waals surface area contributed by atoms with E-state index < -0.39 is 41.8 Å². The van der Waals surface area contributed by atoms with Crippen LogP contribution in [0.2, 0.25) is 0 Å². The second-order valence-electron chi connectivity index (χ2n) is 8.55. The summed E-state index contributed by atoms with van der Waals surface area (Å²) < 4.78 is 0. The van der Waals surface area contributed by atoms with E-state index in [1.165, 1.54) is 0 Å². The van der Waals surface area contributed by atoms with Gasteiger partial charge in [-0.05, 0) is 30.7 Å². The lowest BCUT2D eigenvalue weighted by molar-refractivity contribution is -0.142. The van der Waals surface area contributed by atoms with E-state index in [1.807, 2.05) is 13.8 Å². The fraction of sp³-hybridized carbons (Fsp3) is 0.522. The topological polar surface area (TPSA) is 215 Å². The van der Waals surface area contributed by atoms with Crippen molar-refractivity contribution in [1.82, 2.24) is 16.0 Å². The lowest BCUT2D eigenvalue weighted by Gasteiger charge is -2.25. The van der Waals surface area contributed by atoms with Crippen LogP contribution < -0.4 is 33.2 Å². The Morgan fingerprint density at radius 3 is 2.09 bits per heavy atom. The number of benzene rings is 1. The lowest BCUT2D eigenvalue weighted by Crippen LogP contribution is -2.56. The van der Waals surface area contributed by atoms with E-state index in [0.717, 1.165) is 5.56 Å². The number of carbonyl (C=O) groups excluding carboxylic acids is 3. The van der Waals surface area contributed by atoms with Gasteiger partial charge in [-0.1, -0.05) is 44.2 Å². The molecule has 12 heteroatoms. The van der Waals surface area contributed by atoms with Crippen LogP contribution in [-0.4, -0.2) is 66.0 Å². The third-order valence-electron chi connectivity index (χ3n) is 5.02. The summed E-state index contributed by atoms with van der Waals surface area (Å²) in [5.41, 5.74) is 16.7. The van der Waals surface area contributed by atoms with Crippen LogP contribution >= 0.6 is 0 Å². The summed E-state index contributed by atoms with van der Waals surface area (Å²) in [4.78, 5) is 53.5. The SMILES string of the molecule is CC(C)C[C@H](NC(=O)CN)C(=O)N[C@@H](CCCN=C(N)N)C(=O)N[C@@H](Cc1ccccc1)C(=O)O. The maximum atomic E-state index is 13.1. The summed E-state index contributed by atoms with van der Waals surface area (Å²) in [6.07, 6.45) is 0.882. The van der Waals surface area contributed by atoms with Gasteiger partial charge in [0, 0.05) is 13.0 Å². The van der Waals surface area contributed by atoms with Gasteiger partial charge in [-0.3, -0.25) is 19.4 Å². The monoisotopic (exact) mass is 491 g/mol. The van der Waals surface area contributed by atoms with E-state index in [-0.39, 0.29) is 37.8 Å². The standard InChI is InChI=1S/C23H37N7O5/c1-14(2)11-17(28-19(31)13-24)21(33)29-16(9-6-10-27-23(25)26)20(32)30-18(22(34)35)12-15-7-4-3-5-8-15/h3-5,7-8,14,16-18H,6,9-13,24H2,1-2H3,(H,28,31)(H,29,33)(H,30,32)(H,34,35)(H4,25,26,27)/t16-,17-,18-/m0/s1. The number of aliphatic carboxylic acids is 1. The molecule has 0 saturated heterocycles. The average molecular weight is 492 g/mol. The molecule has 1 aromatic rings. The normalized spacial score (nSPS) is 13.3. The Labute approximate surface area is 205 Å². The van der Waals surface area contributed by atoms with Crippen molar-refractivity contribution in [2.75, 3.05) is 13.1 Å². The van der Waals surface area contributed by atoms with Crippen LogP contribution in [0, 0.1) is 5.92 Å². The molecule has 0 bridgehead atoms. The minimum Gasteiger partial charge on any atom is -0.480 e. The van der Waals surface area contributed by atoms with E-state index in [1.54, 1.807) is 30.3 Å². The molecule has 0 aliphatic rings. The average Bonchev–Trinajstić information content (AvgIpc) is 2.79. The molecular weight excluding hydrogens is 454 g/mol. The van der Waals surface area contributed by atoms with Gasteiger partial charge in [0.05, 0.1) is 6.54 Å². The summed E-state index contributed by atoms with van der Waals surface area (Å²) in [6, 6.07) is 5.68. The first kappa shape index (κ1) is 29.4. The number of amides is 3. The van der Waals surface area contributed by atoms with E-state index in [0.29, 0.717) is 12.8 Å². The van der Waals surface area contributed by atoms with Gasteiger partial charge in [0.25, 0.3) is 0 Å². The Hall–Kier alpha value is -3.67. The van der Waals surface area contributed by atoms with Gasteiger partial charge in [0.2, 0.25) is 17.7 Å². The van der Waals surface area contributed by atoms with Gasteiger partial charge in [-0.25, -0.2) is 4.79 Å². The molecule has 0 radical (unpaired) electrons. The van der Waals surface area contributed by atoms with Crippen molar-refractivity contribution in [3.8, 4) is 0 Å².